The number of nitriles is 1. The summed E-state index contributed by atoms with van der Waals surface area (Å²) in [6.45, 7) is 2.16. The predicted molar refractivity (Wildman–Crippen MR) is 97.5 cm³/mol. The molecule has 25 heavy (non-hydrogen) atoms. The number of rotatable bonds is 6. The summed E-state index contributed by atoms with van der Waals surface area (Å²) in [4.78, 5) is 11.7. The number of nitrogens with zero attached hydrogens (tertiary/aromatic N) is 1. The van der Waals surface area contributed by atoms with Crippen LogP contribution in [0.2, 0.25) is 10.0 Å². The number of hydrogen-bond acceptors (Lipinski definition) is 4. The fourth-order valence-electron chi connectivity index (χ4n) is 2.01. The Hall–Kier alpha value is -2.48. The molecule has 0 saturated heterocycles. The van der Waals surface area contributed by atoms with Gasteiger partial charge in [0.25, 0.3) is 0 Å². The Morgan fingerprint density at radius 3 is 2.72 bits per heavy atom. The van der Waals surface area contributed by atoms with Gasteiger partial charge in [-0.05, 0) is 42.8 Å². The van der Waals surface area contributed by atoms with Gasteiger partial charge in [-0.25, -0.2) is 4.79 Å². The average Bonchev–Trinajstić information content (AvgIpc) is 2.59. The minimum absolute atomic E-state index is 0.0697. The molecule has 0 N–H and O–H groups in total. The summed E-state index contributed by atoms with van der Waals surface area (Å²) in [5.74, 6) is -0.0646. The standard InChI is InChI=1S/C19H15Cl2NO3/c1-2-24-19(23)15(11-22)8-13-4-3-5-17(9-13)25-12-14-6-7-16(20)10-18(14)21/h3-10H,2,12H2,1H3/b15-8+. The van der Waals surface area contributed by atoms with Crippen molar-refractivity contribution < 1.29 is 14.3 Å². The lowest BCUT2D eigenvalue weighted by atomic mass is 10.1. The Balaban J connectivity index is 2.13. The van der Waals surface area contributed by atoms with Gasteiger partial charge in [-0.3, -0.25) is 0 Å². The summed E-state index contributed by atoms with van der Waals surface area (Å²) in [5, 5.41) is 10.2. The highest BCUT2D eigenvalue weighted by atomic mass is 35.5. The third-order valence-corrected chi connectivity index (χ3v) is 3.78. The summed E-state index contributed by atoms with van der Waals surface area (Å²) in [7, 11) is 0. The quantitative estimate of drug-likeness (QED) is 0.403. The Morgan fingerprint density at radius 1 is 1.24 bits per heavy atom. The van der Waals surface area contributed by atoms with E-state index in [4.69, 9.17) is 37.9 Å². The van der Waals surface area contributed by atoms with Crippen LogP contribution in [0.5, 0.6) is 5.75 Å². The van der Waals surface area contributed by atoms with Crippen LogP contribution in [0.3, 0.4) is 0 Å². The normalized spacial score (nSPS) is 10.9. The van der Waals surface area contributed by atoms with Crippen LogP contribution in [0.4, 0.5) is 0 Å². The van der Waals surface area contributed by atoms with E-state index < -0.39 is 5.97 Å². The molecule has 0 bridgehead atoms. The lowest BCUT2D eigenvalue weighted by Crippen LogP contribution is -2.06. The van der Waals surface area contributed by atoms with E-state index in [1.54, 1.807) is 49.4 Å². The van der Waals surface area contributed by atoms with Crippen LogP contribution in [0.15, 0.2) is 48.0 Å². The van der Waals surface area contributed by atoms with Crippen molar-refractivity contribution in [2.45, 2.75) is 13.5 Å². The van der Waals surface area contributed by atoms with Crippen molar-refractivity contribution in [2.75, 3.05) is 6.61 Å². The van der Waals surface area contributed by atoms with E-state index in [1.165, 1.54) is 6.08 Å². The van der Waals surface area contributed by atoms with E-state index in [2.05, 4.69) is 0 Å². The number of esters is 1. The second-order valence-corrected chi connectivity index (χ2v) is 5.83. The second kappa shape index (κ2) is 9.12. The monoisotopic (exact) mass is 375 g/mol. The zero-order valence-electron chi connectivity index (χ0n) is 13.5. The molecule has 0 radical (unpaired) electrons. The van der Waals surface area contributed by atoms with E-state index in [9.17, 15) is 4.79 Å². The molecule has 0 aliphatic heterocycles. The number of carbonyl (C=O) groups excluding carboxylic acids is 1. The fraction of sp³-hybridized carbons (Fsp3) is 0.158. The van der Waals surface area contributed by atoms with Crippen LogP contribution < -0.4 is 4.74 Å². The summed E-state index contributed by atoms with van der Waals surface area (Å²) in [6.07, 6.45) is 1.46. The van der Waals surface area contributed by atoms with Gasteiger partial charge in [-0.1, -0.05) is 41.4 Å². The van der Waals surface area contributed by atoms with E-state index in [-0.39, 0.29) is 18.8 Å². The number of ether oxygens (including phenoxy) is 2. The lowest BCUT2D eigenvalue weighted by molar-refractivity contribution is -0.137. The van der Waals surface area contributed by atoms with Crippen molar-refractivity contribution in [2.24, 2.45) is 0 Å². The highest BCUT2D eigenvalue weighted by Crippen LogP contribution is 2.23. The van der Waals surface area contributed by atoms with E-state index >= 15 is 0 Å². The molecule has 0 fully saturated rings. The molecule has 0 aromatic heterocycles. The highest BCUT2D eigenvalue weighted by molar-refractivity contribution is 6.35. The molecule has 0 aliphatic carbocycles. The Kier molecular flexibility index (Phi) is 6.88. The lowest BCUT2D eigenvalue weighted by Gasteiger charge is -2.09. The molecule has 2 rings (SSSR count). The average molecular weight is 376 g/mol. The number of hydrogen-bond donors (Lipinski definition) is 0. The highest BCUT2D eigenvalue weighted by Gasteiger charge is 2.10. The summed E-state index contributed by atoms with van der Waals surface area (Å²) in [5.41, 5.74) is 1.39. The number of halogens is 2. The molecule has 0 saturated carbocycles. The van der Waals surface area contributed by atoms with Crippen LogP contribution in [0, 0.1) is 11.3 Å². The summed E-state index contributed by atoms with van der Waals surface area (Å²) >= 11 is 12.0. The maximum atomic E-state index is 11.7. The SMILES string of the molecule is CCOC(=O)/C(C#N)=C/c1cccc(OCc2ccc(Cl)cc2Cl)c1. The zero-order valence-corrected chi connectivity index (χ0v) is 15.0. The van der Waals surface area contributed by atoms with E-state index in [0.29, 0.717) is 21.4 Å². The molecule has 6 heteroatoms. The van der Waals surface area contributed by atoms with Crippen molar-refractivity contribution in [3.05, 3.63) is 69.2 Å². The molecule has 2 aromatic rings. The molecule has 4 nitrogen and oxygen atoms in total. The molecular weight excluding hydrogens is 361 g/mol. The minimum Gasteiger partial charge on any atom is -0.489 e. The zero-order chi connectivity index (χ0) is 18.2. The van der Waals surface area contributed by atoms with Crippen LogP contribution in [-0.4, -0.2) is 12.6 Å². The van der Waals surface area contributed by atoms with Crippen molar-refractivity contribution in [1.82, 2.24) is 0 Å². The van der Waals surface area contributed by atoms with E-state index in [1.807, 2.05) is 6.07 Å². The predicted octanol–water partition coefficient (Wildman–Crippen LogP) is 5.04. The van der Waals surface area contributed by atoms with Gasteiger partial charge in [0.05, 0.1) is 6.61 Å². The Labute approximate surface area is 156 Å². The minimum atomic E-state index is -0.649. The Morgan fingerprint density at radius 2 is 2.04 bits per heavy atom. The Bertz CT molecular complexity index is 841. The van der Waals surface area contributed by atoms with Crippen molar-refractivity contribution in [1.29, 1.82) is 5.26 Å². The third-order valence-electron chi connectivity index (χ3n) is 3.19. The molecule has 0 atom stereocenters. The van der Waals surface area contributed by atoms with Crippen molar-refractivity contribution >= 4 is 35.2 Å². The van der Waals surface area contributed by atoms with Gasteiger partial charge >= 0.3 is 5.97 Å². The van der Waals surface area contributed by atoms with Gasteiger partial charge in [0, 0.05) is 15.6 Å². The molecule has 128 valence electrons. The van der Waals surface area contributed by atoms with Crippen LogP contribution in [0.25, 0.3) is 6.08 Å². The van der Waals surface area contributed by atoms with Crippen molar-refractivity contribution in [3.8, 4) is 11.8 Å². The van der Waals surface area contributed by atoms with Gasteiger partial charge in [-0.15, -0.1) is 0 Å². The maximum absolute atomic E-state index is 11.7. The largest absolute Gasteiger partial charge is 0.489 e. The first-order valence-electron chi connectivity index (χ1n) is 7.49. The second-order valence-electron chi connectivity index (χ2n) is 4.99. The van der Waals surface area contributed by atoms with Crippen LogP contribution in [0.1, 0.15) is 18.1 Å². The number of benzene rings is 2. The molecule has 0 unspecified atom stereocenters. The third kappa shape index (κ3) is 5.53. The van der Waals surface area contributed by atoms with Crippen molar-refractivity contribution in [3.63, 3.8) is 0 Å². The summed E-state index contributed by atoms with van der Waals surface area (Å²) in [6, 6.07) is 14.1. The van der Waals surface area contributed by atoms with Gasteiger partial charge in [0.2, 0.25) is 0 Å². The molecule has 0 aliphatic rings. The first-order valence-corrected chi connectivity index (χ1v) is 8.24. The summed E-state index contributed by atoms with van der Waals surface area (Å²) < 4.78 is 10.6. The van der Waals surface area contributed by atoms with Gasteiger partial charge in [-0.2, -0.15) is 5.26 Å². The fourth-order valence-corrected chi connectivity index (χ4v) is 2.47. The van der Waals surface area contributed by atoms with Gasteiger partial charge in [0.1, 0.15) is 24.0 Å². The molecule has 2 aromatic carbocycles. The van der Waals surface area contributed by atoms with Gasteiger partial charge < -0.3 is 9.47 Å². The number of carbonyl (C=O) groups is 1. The van der Waals surface area contributed by atoms with Crippen LogP contribution in [-0.2, 0) is 16.1 Å². The van der Waals surface area contributed by atoms with Crippen LogP contribution >= 0.6 is 23.2 Å². The molecular formula is C19H15Cl2NO3. The smallest absolute Gasteiger partial charge is 0.348 e. The topological polar surface area (TPSA) is 59.3 Å². The molecule has 0 amide bonds. The molecule has 0 spiro atoms. The molecule has 0 heterocycles. The maximum Gasteiger partial charge on any atom is 0.348 e. The van der Waals surface area contributed by atoms with E-state index in [0.717, 1.165) is 5.56 Å². The first-order chi connectivity index (χ1) is 12.0. The first kappa shape index (κ1) is 18.9. The van der Waals surface area contributed by atoms with Gasteiger partial charge in [0.15, 0.2) is 0 Å².